The van der Waals surface area contributed by atoms with Crippen molar-refractivity contribution < 1.29 is 33.0 Å². The van der Waals surface area contributed by atoms with Crippen LogP contribution in [0.5, 0.6) is 0 Å². The molecule has 0 bridgehead atoms. The van der Waals surface area contributed by atoms with Gasteiger partial charge in [-0.15, -0.1) is 0 Å². The zero-order chi connectivity index (χ0) is 22.5. The molecule has 0 unspecified atom stereocenters. The Hall–Kier alpha value is -3.11. The molecular weight excluding hydrogens is 436 g/mol. The number of carboxylic acids is 2. The van der Waals surface area contributed by atoms with Gasteiger partial charge in [0.25, 0.3) is 10.0 Å². The fourth-order valence-corrected chi connectivity index (χ4v) is 4.33. The molecular formula is C19H19ClN2O7S. The number of nitrogens with one attached hydrogen (secondary N) is 1. The summed E-state index contributed by atoms with van der Waals surface area (Å²) in [5.41, 5.74) is 0.153. The summed E-state index contributed by atoms with van der Waals surface area (Å²) < 4.78 is 27.4. The van der Waals surface area contributed by atoms with Gasteiger partial charge in [0.1, 0.15) is 0 Å². The lowest BCUT2D eigenvalue weighted by Crippen LogP contribution is -2.32. The maximum absolute atomic E-state index is 13.2. The van der Waals surface area contributed by atoms with Crippen LogP contribution in [0.4, 0.5) is 11.4 Å². The number of rotatable bonds is 9. The van der Waals surface area contributed by atoms with E-state index >= 15 is 0 Å². The lowest BCUT2D eigenvalue weighted by Gasteiger charge is -2.25. The summed E-state index contributed by atoms with van der Waals surface area (Å²) in [5.74, 6) is -2.73. The second kappa shape index (κ2) is 9.59. The van der Waals surface area contributed by atoms with Crippen LogP contribution in [0.25, 0.3) is 0 Å². The highest BCUT2D eigenvalue weighted by Gasteiger charge is 2.26. The number of nitrogens with zero attached hydrogens (tertiary/aromatic N) is 1. The Bertz CT molecular complexity index is 1070. The first-order valence-corrected chi connectivity index (χ1v) is 10.5. The minimum atomic E-state index is -4.16. The van der Waals surface area contributed by atoms with Crippen molar-refractivity contribution in [2.45, 2.75) is 24.7 Å². The van der Waals surface area contributed by atoms with E-state index in [1.807, 2.05) is 0 Å². The zero-order valence-electron chi connectivity index (χ0n) is 15.8. The SMILES string of the molecule is CC(=O)Nc1ccc(S(=O)(=O)N(CCCC(=O)O)c2ccc(Cl)c(C(=O)O)c2)cc1. The summed E-state index contributed by atoms with van der Waals surface area (Å²) in [6.45, 7) is 1.12. The molecule has 1 amide bonds. The largest absolute Gasteiger partial charge is 0.481 e. The van der Waals surface area contributed by atoms with Gasteiger partial charge in [0.15, 0.2) is 0 Å². The summed E-state index contributed by atoms with van der Waals surface area (Å²) in [7, 11) is -4.16. The highest BCUT2D eigenvalue weighted by atomic mass is 35.5. The van der Waals surface area contributed by atoms with E-state index in [9.17, 15) is 27.9 Å². The van der Waals surface area contributed by atoms with Gasteiger partial charge in [-0.3, -0.25) is 13.9 Å². The molecule has 0 saturated carbocycles. The van der Waals surface area contributed by atoms with Crippen molar-refractivity contribution in [3.8, 4) is 0 Å². The number of benzene rings is 2. The van der Waals surface area contributed by atoms with Gasteiger partial charge in [-0.1, -0.05) is 11.6 Å². The van der Waals surface area contributed by atoms with Gasteiger partial charge in [-0.25, -0.2) is 13.2 Å². The Balaban J connectivity index is 2.47. The Morgan fingerprint density at radius 1 is 1.07 bits per heavy atom. The molecule has 0 radical (unpaired) electrons. The minimum Gasteiger partial charge on any atom is -0.481 e. The molecule has 2 aromatic rings. The van der Waals surface area contributed by atoms with Gasteiger partial charge < -0.3 is 15.5 Å². The van der Waals surface area contributed by atoms with Crippen LogP contribution in [0.15, 0.2) is 47.4 Å². The van der Waals surface area contributed by atoms with Crippen molar-refractivity contribution >= 4 is 50.8 Å². The first kappa shape index (κ1) is 23.2. The van der Waals surface area contributed by atoms with E-state index in [2.05, 4.69) is 5.32 Å². The number of aliphatic carboxylic acids is 1. The van der Waals surface area contributed by atoms with Gasteiger partial charge >= 0.3 is 11.9 Å². The summed E-state index contributed by atoms with van der Waals surface area (Å²) in [6, 6.07) is 9.13. The number of carbonyl (C=O) groups is 3. The molecule has 0 aromatic heterocycles. The van der Waals surface area contributed by atoms with E-state index in [0.717, 1.165) is 10.4 Å². The molecule has 0 aliphatic carbocycles. The predicted octanol–water partition coefficient (Wildman–Crippen LogP) is 3.06. The molecule has 0 spiro atoms. The quantitative estimate of drug-likeness (QED) is 0.528. The molecule has 0 saturated heterocycles. The van der Waals surface area contributed by atoms with Crippen molar-refractivity contribution in [3.05, 3.63) is 53.1 Å². The third-order valence-corrected chi connectivity index (χ3v) is 6.15. The van der Waals surface area contributed by atoms with Crippen molar-refractivity contribution in [2.24, 2.45) is 0 Å². The third-order valence-electron chi connectivity index (χ3n) is 3.98. The van der Waals surface area contributed by atoms with Gasteiger partial charge in [0.2, 0.25) is 5.91 Å². The monoisotopic (exact) mass is 454 g/mol. The van der Waals surface area contributed by atoms with Crippen LogP contribution >= 0.6 is 11.6 Å². The Labute approximate surface area is 177 Å². The Kier molecular flexibility index (Phi) is 7.41. The molecule has 0 aliphatic heterocycles. The van der Waals surface area contributed by atoms with Crippen molar-refractivity contribution in [1.29, 1.82) is 0 Å². The maximum atomic E-state index is 13.2. The second-order valence-corrected chi connectivity index (χ2v) is 8.52. The van der Waals surface area contributed by atoms with Crippen LogP contribution < -0.4 is 9.62 Å². The molecule has 9 nitrogen and oxygen atoms in total. The van der Waals surface area contributed by atoms with Gasteiger partial charge in [0, 0.05) is 25.6 Å². The fraction of sp³-hybridized carbons (Fsp3) is 0.211. The number of amides is 1. The summed E-state index contributed by atoms with van der Waals surface area (Å²) in [6.07, 6.45) is -0.267. The van der Waals surface area contributed by atoms with Crippen LogP contribution in [0.1, 0.15) is 30.1 Å². The molecule has 160 valence electrons. The highest BCUT2D eigenvalue weighted by molar-refractivity contribution is 7.92. The van der Waals surface area contributed by atoms with E-state index in [1.54, 1.807) is 0 Å². The number of halogens is 1. The lowest BCUT2D eigenvalue weighted by molar-refractivity contribution is -0.137. The number of carboxylic acid groups (broad SMARTS) is 2. The molecule has 2 rings (SSSR count). The van der Waals surface area contributed by atoms with E-state index in [-0.39, 0.29) is 46.5 Å². The minimum absolute atomic E-state index is 0.00354. The number of hydrogen-bond acceptors (Lipinski definition) is 5. The smallest absolute Gasteiger partial charge is 0.337 e. The number of anilines is 2. The summed E-state index contributed by atoms with van der Waals surface area (Å²) in [5, 5.41) is 20.6. The number of carbonyl (C=O) groups excluding carboxylic acids is 1. The Morgan fingerprint density at radius 3 is 2.23 bits per heavy atom. The van der Waals surface area contributed by atoms with Crippen LogP contribution in [-0.4, -0.2) is 43.0 Å². The number of aromatic carboxylic acids is 1. The molecule has 30 heavy (non-hydrogen) atoms. The van der Waals surface area contributed by atoms with Gasteiger partial charge in [0.05, 0.1) is 21.2 Å². The highest BCUT2D eigenvalue weighted by Crippen LogP contribution is 2.29. The summed E-state index contributed by atoms with van der Waals surface area (Å²) in [4.78, 5) is 33.3. The standard InChI is InChI=1S/C19H19ClN2O7S/c1-12(23)21-13-4-7-15(8-5-13)30(28,29)22(10-2-3-18(24)25)14-6-9-17(20)16(11-14)19(26)27/h4-9,11H,2-3,10H2,1H3,(H,21,23)(H,24,25)(H,26,27). The van der Waals surface area contributed by atoms with E-state index in [0.29, 0.717) is 5.69 Å². The average molecular weight is 455 g/mol. The van der Waals surface area contributed by atoms with Crippen molar-refractivity contribution in [3.63, 3.8) is 0 Å². The molecule has 0 heterocycles. The van der Waals surface area contributed by atoms with Crippen LogP contribution in [0.2, 0.25) is 5.02 Å². The van der Waals surface area contributed by atoms with Crippen LogP contribution in [0, 0.1) is 0 Å². The molecule has 0 fully saturated rings. The van der Waals surface area contributed by atoms with Crippen LogP contribution in [-0.2, 0) is 19.6 Å². The van der Waals surface area contributed by atoms with E-state index in [4.69, 9.17) is 16.7 Å². The molecule has 11 heteroatoms. The maximum Gasteiger partial charge on any atom is 0.337 e. The fourth-order valence-electron chi connectivity index (χ4n) is 2.63. The lowest BCUT2D eigenvalue weighted by atomic mass is 10.2. The first-order chi connectivity index (χ1) is 14.0. The predicted molar refractivity (Wildman–Crippen MR) is 111 cm³/mol. The molecule has 0 atom stereocenters. The van der Waals surface area contributed by atoms with Gasteiger partial charge in [-0.05, 0) is 48.9 Å². The second-order valence-electron chi connectivity index (χ2n) is 6.25. The normalized spacial score (nSPS) is 11.0. The third kappa shape index (κ3) is 5.71. The van der Waals surface area contributed by atoms with E-state index < -0.39 is 22.0 Å². The van der Waals surface area contributed by atoms with Crippen molar-refractivity contribution in [1.82, 2.24) is 0 Å². The van der Waals surface area contributed by atoms with Crippen LogP contribution in [0.3, 0.4) is 0 Å². The molecule has 3 N–H and O–H groups in total. The first-order valence-electron chi connectivity index (χ1n) is 8.67. The number of hydrogen-bond donors (Lipinski definition) is 3. The molecule has 2 aromatic carbocycles. The van der Waals surface area contributed by atoms with Crippen molar-refractivity contribution in [2.75, 3.05) is 16.2 Å². The van der Waals surface area contributed by atoms with Gasteiger partial charge in [-0.2, -0.15) is 0 Å². The molecule has 0 aliphatic rings. The average Bonchev–Trinajstić information content (AvgIpc) is 2.65. The summed E-state index contributed by atoms with van der Waals surface area (Å²) >= 11 is 5.87. The topological polar surface area (TPSA) is 141 Å². The zero-order valence-corrected chi connectivity index (χ0v) is 17.4. The Morgan fingerprint density at radius 2 is 1.70 bits per heavy atom. The number of sulfonamides is 1. The van der Waals surface area contributed by atoms with E-state index in [1.165, 1.54) is 43.3 Å².